The van der Waals surface area contributed by atoms with Gasteiger partial charge in [0.15, 0.2) is 0 Å². The van der Waals surface area contributed by atoms with E-state index in [0.717, 1.165) is 25.7 Å². The molecule has 2 aliphatic heterocycles. The molecule has 0 aromatic heterocycles. The lowest BCUT2D eigenvalue weighted by molar-refractivity contribution is 0.179. The maximum atomic E-state index is 5.50. The van der Waals surface area contributed by atoms with Crippen LogP contribution in [0.4, 0.5) is 5.69 Å². The largest absolute Gasteiger partial charge is 0.385 e. The topological polar surface area (TPSA) is 21.3 Å². The van der Waals surface area contributed by atoms with Gasteiger partial charge in [0.25, 0.3) is 0 Å². The summed E-state index contributed by atoms with van der Waals surface area (Å²) in [6, 6.07) is 8.72. The monoisotopic (exact) mass is 203 g/mol. The van der Waals surface area contributed by atoms with Crippen molar-refractivity contribution in [2.75, 3.05) is 25.1 Å². The van der Waals surface area contributed by atoms with Gasteiger partial charge in [-0.1, -0.05) is 18.2 Å². The fraction of sp³-hybridized carbons (Fsp3) is 0.538. The fourth-order valence-electron chi connectivity index (χ4n) is 2.86. The van der Waals surface area contributed by atoms with Gasteiger partial charge in [-0.15, -0.1) is 0 Å². The molecule has 1 aromatic rings. The minimum absolute atomic E-state index is 0.713. The number of anilines is 1. The number of hydrogen-bond acceptors (Lipinski definition) is 2. The van der Waals surface area contributed by atoms with Crippen LogP contribution < -0.4 is 5.32 Å². The van der Waals surface area contributed by atoms with Crippen molar-refractivity contribution in [3.05, 3.63) is 29.8 Å². The number of para-hydroxylation sites is 1. The molecule has 15 heavy (non-hydrogen) atoms. The predicted octanol–water partition coefficient (Wildman–Crippen LogP) is 2.62. The summed E-state index contributed by atoms with van der Waals surface area (Å²) in [7, 11) is 0. The summed E-state index contributed by atoms with van der Waals surface area (Å²) in [5.41, 5.74) is 2.83. The van der Waals surface area contributed by atoms with Gasteiger partial charge in [-0.05, 0) is 36.3 Å². The molecule has 0 radical (unpaired) electrons. The van der Waals surface area contributed by atoms with Crippen LogP contribution in [-0.2, 0) is 4.74 Å². The molecule has 0 spiro atoms. The molecule has 2 heterocycles. The average molecular weight is 203 g/mol. The van der Waals surface area contributed by atoms with Crippen LogP contribution in [0.3, 0.4) is 0 Å². The predicted molar refractivity (Wildman–Crippen MR) is 61.2 cm³/mol. The zero-order valence-electron chi connectivity index (χ0n) is 8.91. The third-order valence-corrected chi connectivity index (χ3v) is 3.66. The van der Waals surface area contributed by atoms with Crippen LogP contribution >= 0.6 is 0 Å². The maximum absolute atomic E-state index is 5.50. The highest BCUT2D eigenvalue weighted by Crippen LogP contribution is 2.39. The van der Waals surface area contributed by atoms with Gasteiger partial charge in [0, 0.05) is 18.8 Å². The zero-order chi connectivity index (χ0) is 10.1. The summed E-state index contributed by atoms with van der Waals surface area (Å²) in [5, 5.41) is 3.48. The lowest BCUT2D eigenvalue weighted by atomic mass is 9.80. The Balaban J connectivity index is 1.91. The van der Waals surface area contributed by atoms with Crippen LogP contribution in [0, 0.1) is 5.92 Å². The molecule has 0 saturated carbocycles. The van der Waals surface area contributed by atoms with E-state index in [2.05, 4.69) is 29.6 Å². The molecule has 2 aliphatic rings. The van der Waals surface area contributed by atoms with Crippen molar-refractivity contribution in [1.82, 2.24) is 0 Å². The highest BCUT2D eigenvalue weighted by molar-refractivity contribution is 5.54. The van der Waals surface area contributed by atoms with E-state index in [1.54, 1.807) is 0 Å². The molecule has 0 amide bonds. The Morgan fingerprint density at radius 3 is 3.00 bits per heavy atom. The minimum Gasteiger partial charge on any atom is -0.385 e. The second-order valence-corrected chi connectivity index (χ2v) is 4.53. The fourth-order valence-corrected chi connectivity index (χ4v) is 2.86. The van der Waals surface area contributed by atoms with Gasteiger partial charge in [0.1, 0.15) is 0 Å². The zero-order valence-corrected chi connectivity index (χ0v) is 8.91. The molecule has 2 atom stereocenters. The first kappa shape index (κ1) is 9.22. The molecule has 1 fully saturated rings. The number of benzene rings is 1. The summed E-state index contributed by atoms with van der Waals surface area (Å²) < 4.78 is 5.50. The van der Waals surface area contributed by atoms with Crippen LogP contribution in [0.15, 0.2) is 24.3 Å². The smallest absolute Gasteiger partial charge is 0.0500 e. The minimum atomic E-state index is 0.713. The summed E-state index contributed by atoms with van der Waals surface area (Å²) in [6.07, 6.45) is 2.49. The van der Waals surface area contributed by atoms with Crippen LogP contribution in [0.5, 0.6) is 0 Å². The van der Waals surface area contributed by atoms with E-state index in [-0.39, 0.29) is 0 Å². The van der Waals surface area contributed by atoms with Gasteiger partial charge in [-0.25, -0.2) is 0 Å². The average Bonchev–Trinajstić information content (AvgIpc) is 2.82. The molecule has 0 aliphatic carbocycles. The molecule has 2 nitrogen and oxygen atoms in total. The number of hydrogen-bond donors (Lipinski definition) is 1. The molecular weight excluding hydrogens is 186 g/mol. The molecule has 2 heteroatoms. The number of nitrogens with one attached hydrogen (secondary N) is 1. The number of ether oxygens (including phenoxy) is 1. The van der Waals surface area contributed by atoms with Crippen molar-refractivity contribution >= 4 is 5.69 Å². The second kappa shape index (κ2) is 3.86. The van der Waals surface area contributed by atoms with Crippen molar-refractivity contribution < 1.29 is 4.74 Å². The van der Waals surface area contributed by atoms with E-state index >= 15 is 0 Å². The highest BCUT2D eigenvalue weighted by atomic mass is 16.5. The molecule has 1 aromatic carbocycles. The van der Waals surface area contributed by atoms with Crippen molar-refractivity contribution in [2.45, 2.75) is 18.8 Å². The van der Waals surface area contributed by atoms with E-state index in [4.69, 9.17) is 4.74 Å². The van der Waals surface area contributed by atoms with Gasteiger partial charge >= 0.3 is 0 Å². The molecule has 80 valence electrons. The van der Waals surface area contributed by atoms with Crippen molar-refractivity contribution in [3.63, 3.8) is 0 Å². The Hall–Kier alpha value is -1.02. The Bertz CT molecular complexity index is 344. The van der Waals surface area contributed by atoms with E-state index in [0.29, 0.717) is 5.92 Å². The molecule has 3 rings (SSSR count). The molecular formula is C13H17NO. The highest BCUT2D eigenvalue weighted by Gasteiger charge is 2.30. The SMILES string of the molecule is c1ccc2c(c1)NCC[C@H]2[C@@H]1CCOC1. The van der Waals surface area contributed by atoms with Gasteiger partial charge in [-0.3, -0.25) is 0 Å². The summed E-state index contributed by atoms with van der Waals surface area (Å²) >= 11 is 0. The van der Waals surface area contributed by atoms with Gasteiger partial charge in [-0.2, -0.15) is 0 Å². The standard InChI is InChI=1S/C13H17NO/c1-2-4-13-12(3-1)11(5-7-14-13)10-6-8-15-9-10/h1-4,10-11,14H,5-9H2/t10-,11+/m1/s1. The van der Waals surface area contributed by atoms with E-state index in [1.165, 1.54) is 24.1 Å². The lowest BCUT2D eigenvalue weighted by Gasteiger charge is -2.30. The summed E-state index contributed by atoms with van der Waals surface area (Å²) in [4.78, 5) is 0. The molecule has 1 N–H and O–H groups in total. The Morgan fingerprint density at radius 2 is 2.13 bits per heavy atom. The Labute approximate surface area is 90.6 Å². The summed E-state index contributed by atoms with van der Waals surface area (Å²) in [6.45, 7) is 3.02. The van der Waals surface area contributed by atoms with Crippen molar-refractivity contribution in [1.29, 1.82) is 0 Å². The quantitative estimate of drug-likeness (QED) is 0.757. The Kier molecular flexibility index (Phi) is 2.37. The number of rotatable bonds is 1. The van der Waals surface area contributed by atoms with Crippen LogP contribution in [-0.4, -0.2) is 19.8 Å². The van der Waals surface area contributed by atoms with Crippen LogP contribution in [0.2, 0.25) is 0 Å². The number of fused-ring (bicyclic) bond motifs is 1. The second-order valence-electron chi connectivity index (χ2n) is 4.53. The van der Waals surface area contributed by atoms with Crippen molar-refractivity contribution in [3.8, 4) is 0 Å². The first-order valence-electron chi connectivity index (χ1n) is 5.86. The van der Waals surface area contributed by atoms with E-state index in [1.807, 2.05) is 0 Å². The third-order valence-electron chi connectivity index (χ3n) is 3.66. The molecule has 1 saturated heterocycles. The van der Waals surface area contributed by atoms with Crippen LogP contribution in [0.25, 0.3) is 0 Å². The molecule has 0 bridgehead atoms. The Morgan fingerprint density at radius 1 is 1.20 bits per heavy atom. The maximum Gasteiger partial charge on any atom is 0.0500 e. The van der Waals surface area contributed by atoms with Gasteiger partial charge in [0.05, 0.1) is 6.61 Å². The van der Waals surface area contributed by atoms with Gasteiger partial charge in [0.2, 0.25) is 0 Å². The van der Waals surface area contributed by atoms with E-state index < -0.39 is 0 Å². The van der Waals surface area contributed by atoms with E-state index in [9.17, 15) is 0 Å². The van der Waals surface area contributed by atoms with Crippen molar-refractivity contribution in [2.24, 2.45) is 5.92 Å². The molecule has 0 unspecified atom stereocenters. The first-order chi connectivity index (χ1) is 7.45. The normalized spacial score (nSPS) is 29.6. The summed E-state index contributed by atoms with van der Waals surface area (Å²) in [5.74, 6) is 1.46. The van der Waals surface area contributed by atoms with Crippen LogP contribution in [0.1, 0.15) is 24.3 Å². The lowest BCUT2D eigenvalue weighted by Crippen LogP contribution is -2.22. The van der Waals surface area contributed by atoms with Gasteiger partial charge < -0.3 is 10.1 Å². The third kappa shape index (κ3) is 1.63. The first-order valence-corrected chi connectivity index (χ1v) is 5.86.